The van der Waals surface area contributed by atoms with Crippen LogP contribution in [0.3, 0.4) is 0 Å². The fourth-order valence-corrected chi connectivity index (χ4v) is 1.85. The molecule has 1 aromatic carbocycles. The van der Waals surface area contributed by atoms with E-state index in [0.29, 0.717) is 0 Å². The van der Waals surface area contributed by atoms with E-state index < -0.39 is 12.1 Å². The standard InChI is InChI=1S/C12H15BrO3/c1-8(7-11(14)12(15)16)6-9-2-4-10(13)5-3-9/h2-5,8,11,14H,6-7H2,1H3,(H,15,16)/t8-,11-/m1/s1. The van der Waals surface area contributed by atoms with Gasteiger partial charge in [-0.3, -0.25) is 0 Å². The number of carboxylic acid groups (broad SMARTS) is 1. The van der Waals surface area contributed by atoms with Crippen LogP contribution in [0.4, 0.5) is 0 Å². The summed E-state index contributed by atoms with van der Waals surface area (Å²) in [5.74, 6) is -1.00. The SMILES string of the molecule is C[C@H](Cc1ccc(Br)cc1)C[C@@H](O)C(=O)O. The van der Waals surface area contributed by atoms with Gasteiger partial charge in [-0.05, 0) is 36.5 Å². The molecule has 0 bridgehead atoms. The number of hydrogen-bond acceptors (Lipinski definition) is 2. The highest BCUT2D eigenvalue weighted by molar-refractivity contribution is 9.10. The molecule has 0 amide bonds. The Morgan fingerprint density at radius 3 is 2.44 bits per heavy atom. The van der Waals surface area contributed by atoms with E-state index in [1.54, 1.807) is 0 Å². The fourth-order valence-electron chi connectivity index (χ4n) is 1.59. The molecule has 0 radical (unpaired) electrons. The molecule has 4 heteroatoms. The van der Waals surface area contributed by atoms with Gasteiger partial charge in [0, 0.05) is 4.47 Å². The lowest BCUT2D eigenvalue weighted by Crippen LogP contribution is -2.22. The van der Waals surface area contributed by atoms with Crippen LogP contribution in [0.2, 0.25) is 0 Å². The molecule has 88 valence electrons. The van der Waals surface area contributed by atoms with E-state index in [4.69, 9.17) is 5.11 Å². The third kappa shape index (κ3) is 4.33. The lowest BCUT2D eigenvalue weighted by molar-refractivity contribution is -0.147. The van der Waals surface area contributed by atoms with Crippen molar-refractivity contribution in [3.05, 3.63) is 34.3 Å². The first kappa shape index (κ1) is 13.2. The Labute approximate surface area is 103 Å². The second kappa shape index (κ2) is 6.01. The topological polar surface area (TPSA) is 57.5 Å². The average molecular weight is 287 g/mol. The number of aliphatic hydroxyl groups is 1. The van der Waals surface area contributed by atoms with Crippen molar-refractivity contribution in [1.82, 2.24) is 0 Å². The Morgan fingerprint density at radius 1 is 1.38 bits per heavy atom. The summed E-state index contributed by atoms with van der Waals surface area (Å²) in [4.78, 5) is 10.5. The molecule has 0 heterocycles. The molecule has 2 atom stereocenters. The maximum Gasteiger partial charge on any atom is 0.332 e. The number of carbonyl (C=O) groups is 1. The van der Waals surface area contributed by atoms with E-state index in [1.165, 1.54) is 0 Å². The Kier molecular flexibility index (Phi) is 4.96. The maximum absolute atomic E-state index is 10.5. The van der Waals surface area contributed by atoms with Crippen LogP contribution < -0.4 is 0 Å². The van der Waals surface area contributed by atoms with Gasteiger partial charge in [-0.25, -0.2) is 4.79 Å². The van der Waals surface area contributed by atoms with Gasteiger partial charge >= 0.3 is 5.97 Å². The minimum Gasteiger partial charge on any atom is -0.479 e. The van der Waals surface area contributed by atoms with Crippen molar-refractivity contribution in [3.8, 4) is 0 Å². The van der Waals surface area contributed by atoms with E-state index in [0.717, 1.165) is 16.5 Å². The molecule has 16 heavy (non-hydrogen) atoms. The van der Waals surface area contributed by atoms with Gasteiger partial charge in [0.15, 0.2) is 6.10 Å². The van der Waals surface area contributed by atoms with Crippen molar-refractivity contribution < 1.29 is 15.0 Å². The smallest absolute Gasteiger partial charge is 0.332 e. The largest absolute Gasteiger partial charge is 0.479 e. The lowest BCUT2D eigenvalue weighted by atomic mass is 9.95. The summed E-state index contributed by atoms with van der Waals surface area (Å²) in [5.41, 5.74) is 1.15. The summed E-state index contributed by atoms with van der Waals surface area (Å²) in [5, 5.41) is 17.8. The molecule has 0 saturated carbocycles. The minimum absolute atomic E-state index is 0.146. The zero-order valence-corrected chi connectivity index (χ0v) is 10.6. The van der Waals surface area contributed by atoms with Crippen molar-refractivity contribution in [3.63, 3.8) is 0 Å². The van der Waals surface area contributed by atoms with Gasteiger partial charge in [-0.2, -0.15) is 0 Å². The molecule has 0 aromatic heterocycles. The Morgan fingerprint density at radius 2 is 1.94 bits per heavy atom. The summed E-state index contributed by atoms with van der Waals surface area (Å²) in [6, 6.07) is 7.90. The van der Waals surface area contributed by atoms with Crippen LogP contribution in [0.1, 0.15) is 18.9 Å². The second-order valence-electron chi connectivity index (χ2n) is 4.03. The van der Waals surface area contributed by atoms with Crippen LogP contribution in [-0.2, 0) is 11.2 Å². The predicted molar refractivity (Wildman–Crippen MR) is 65.3 cm³/mol. The highest BCUT2D eigenvalue weighted by Crippen LogP contribution is 2.16. The number of halogens is 1. The van der Waals surface area contributed by atoms with Crippen LogP contribution in [0.5, 0.6) is 0 Å². The molecule has 0 unspecified atom stereocenters. The summed E-state index contributed by atoms with van der Waals surface area (Å²) in [7, 11) is 0. The van der Waals surface area contributed by atoms with Crippen molar-refractivity contribution >= 4 is 21.9 Å². The zero-order chi connectivity index (χ0) is 12.1. The van der Waals surface area contributed by atoms with Crippen molar-refractivity contribution in [2.45, 2.75) is 25.9 Å². The van der Waals surface area contributed by atoms with Gasteiger partial charge < -0.3 is 10.2 Å². The molecule has 0 aliphatic heterocycles. The van der Waals surface area contributed by atoms with Gasteiger partial charge in [0.25, 0.3) is 0 Å². The maximum atomic E-state index is 10.5. The number of hydrogen-bond donors (Lipinski definition) is 2. The fraction of sp³-hybridized carbons (Fsp3) is 0.417. The molecule has 1 rings (SSSR count). The minimum atomic E-state index is -1.26. The first-order valence-electron chi connectivity index (χ1n) is 5.14. The number of carboxylic acids is 1. The number of rotatable bonds is 5. The summed E-state index contributed by atoms with van der Waals surface area (Å²) in [6.07, 6.45) is -0.200. The van der Waals surface area contributed by atoms with Crippen LogP contribution in [0.25, 0.3) is 0 Å². The van der Waals surface area contributed by atoms with Crippen LogP contribution in [0.15, 0.2) is 28.7 Å². The average Bonchev–Trinajstić information content (AvgIpc) is 2.21. The highest BCUT2D eigenvalue weighted by atomic mass is 79.9. The van der Waals surface area contributed by atoms with Gasteiger partial charge in [-0.15, -0.1) is 0 Å². The van der Waals surface area contributed by atoms with E-state index in [1.807, 2.05) is 31.2 Å². The normalized spacial score (nSPS) is 14.4. The number of aliphatic hydroxyl groups excluding tert-OH is 1. The highest BCUT2D eigenvalue weighted by Gasteiger charge is 2.17. The number of aliphatic carboxylic acids is 1. The van der Waals surface area contributed by atoms with Crippen molar-refractivity contribution in [2.75, 3.05) is 0 Å². The lowest BCUT2D eigenvalue weighted by Gasteiger charge is -2.13. The third-order valence-corrected chi connectivity index (χ3v) is 2.94. The summed E-state index contributed by atoms with van der Waals surface area (Å²) >= 11 is 3.35. The van der Waals surface area contributed by atoms with Crippen LogP contribution >= 0.6 is 15.9 Å². The van der Waals surface area contributed by atoms with Crippen LogP contribution in [0, 0.1) is 5.92 Å². The van der Waals surface area contributed by atoms with Gasteiger partial charge in [0.2, 0.25) is 0 Å². The van der Waals surface area contributed by atoms with E-state index in [2.05, 4.69) is 15.9 Å². The molecule has 1 aromatic rings. The molecular weight excluding hydrogens is 272 g/mol. The molecule has 0 aliphatic rings. The van der Waals surface area contributed by atoms with Gasteiger partial charge in [0.1, 0.15) is 0 Å². The van der Waals surface area contributed by atoms with E-state index in [-0.39, 0.29) is 12.3 Å². The monoisotopic (exact) mass is 286 g/mol. The molecule has 0 spiro atoms. The Bertz CT molecular complexity index is 348. The molecular formula is C12H15BrO3. The zero-order valence-electron chi connectivity index (χ0n) is 9.06. The first-order valence-corrected chi connectivity index (χ1v) is 5.93. The molecule has 0 fully saturated rings. The predicted octanol–water partition coefficient (Wildman–Crippen LogP) is 2.46. The van der Waals surface area contributed by atoms with Gasteiger partial charge in [0.05, 0.1) is 0 Å². The summed E-state index contributed by atoms with van der Waals surface area (Å²) < 4.78 is 1.02. The van der Waals surface area contributed by atoms with E-state index in [9.17, 15) is 9.90 Å². The molecule has 2 N–H and O–H groups in total. The molecule has 3 nitrogen and oxygen atoms in total. The third-order valence-electron chi connectivity index (χ3n) is 2.41. The Balaban J connectivity index is 2.48. The Hall–Kier alpha value is -0.870. The van der Waals surface area contributed by atoms with E-state index >= 15 is 0 Å². The van der Waals surface area contributed by atoms with Crippen molar-refractivity contribution in [1.29, 1.82) is 0 Å². The summed E-state index contributed by atoms with van der Waals surface area (Å²) in [6.45, 7) is 1.94. The first-order chi connectivity index (χ1) is 7.49. The van der Waals surface area contributed by atoms with Gasteiger partial charge in [-0.1, -0.05) is 35.0 Å². The second-order valence-corrected chi connectivity index (χ2v) is 4.94. The van der Waals surface area contributed by atoms with Crippen LogP contribution in [-0.4, -0.2) is 22.3 Å². The quantitative estimate of drug-likeness (QED) is 0.874. The van der Waals surface area contributed by atoms with Crippen molar-refractivity contribution in [2.24, 2.45) is 5.92 Å². The molecule has 0 aliphatic carbocycles. The number of benzene rings is 1. The molecule has 0 saturated heterocycles.